The first-order valence-corrected chi connectivity index (χ1v) is 10.4. The molecule has 1 heterocycles. The Bertz CT molecular complexity index is 1580. The van der Waals surface area contributed by atoms with Gasteiger partial charge in [0.15, 0.2) is 0 Å². The molecule has 0 aliphatic carbocycles. The van der Waals surface area contributed by atoms with Gasteiger partial charge in [-0.05, 0) is 35.2 Å². The summed E-state index contributed by atoms with van der Waals surface area (Å²) in [6.45, 7) is 0. The van der Waals surface area contributed by atoms with E-state index in [4.69, 9.17) is 0 Å². The molecule has 0 amide bonds. The summed E-state index contributed by atoms with van der Waals surface area (Å²) in [5.74, 6) is 0. The standard InChI is InChI=1S/C29H18N2/c30-19-20-13-15-22(16-14-20)24-18-17-21-7-1-2-8-23(21)29(24)31-27-11-5-3-9-25(27)26-10-4-6-12-28(26)31/h1-18H. The lowest BCUT2D eigenvalue weighted by atomic mass is 9.97. The van der Waals surface area contributed by atoms with Crippen molar-refractivity contribution < 1.29 is 0 Å². The molecule has 1 aromatic heterocycles. The van der Waals surface area contributed by atoms with E-state index < -0.39 is 0 Å². The number of nitriles is 1. The smallest absolute Gasteiger partial charge is 0.0991 e. The first-order chi connectivity index (χ1) is 15.3. The summed E-state index contributed by atoms with van der Waals surface area (Å²) in [6, 6.07) is 40.2. The van der Waals surface area contributed by atoms with Gasteiger partial charge in [0.05, 0.1) is 28.4 Å². The van der Waals surface area contributed by atoms with Crippen LogP contribution in [0.4, 0.5) is 0 Å². The van der Waals surface area contributed by atoms with Crippen LogP contribution in [0.3, 0.4) is 0 Å². The van der Waals surface area contributed by atoms with Crippen LogP contribution >= 0.6 is 0 Å². The normalized spacial score (nSPS) is 11.2. The predicted molar refractivity (Wildman–Crippen MR) is 128 cm³/mol. The van der Waals surface area contributed by atoms with E-state index in [0.29, 0.717) is 5.56 Å². The molecule has 0 aliphatic rings. The van der Waals surface area contributed by atoms with Crippen LogP contribution in [0.15, 0.2) is 109 Å². The lowest BCUT2D eigenvalue weighted by molar-refractivity contribution is 1.20. The molecule has 0 spiro atoms. The summed E-state index contributed by atoms with van der Waals surface area (Å²) in [5, 5.41) is 14.1. The summed E-state index contributed by atoms with van der Waals surface area (Å²) in [4.78, 5) is 0. The first kappa shape index (κ1) is 17.5. The Kier molecular flexibility index (Phi) is 3.88. The Morgan fingerprint density at radius 1 is 0.548 bits per heavy atom. The average Bonchev–Trinajstić information content (AvgIpc) is 3.18. The summed E-state index contributed by atoms with van der Waals surface area (Å²) in [7, 11) is 0. The molecule has 0 bridgehead atoms. The van der Waals surface area contributed by atoms with Gasteiger partial charge in [0.25, 0.3) is 0 Å². The zero-order valence-corrected chi connectivity index (χ0v) is 16.8. The third-order valence-electron chi connectivity index (χ3n) is 6.03. The van der Waals surface area contributed by atoms with E-state index in [-0.39, 0.29) is 0 Å². The minimum Gasteiger partial charge on any atom is -0.308 e. The zero-order chi connectivity index (χ0) is 20.8. The summed E-state index contributed by atoms with van der Waals surface area (Å²) in [5.41, 5.74) is 6.46. The van der Waals surface area contributed by atoms with Crippen LogP contribution in [0.2, 0.25) is 0 Å². The Balaban J connectivity index is 1.80. The van der Waals surface area contributed by atoms with Gasteiger partial charge in [-0.15, -0.1) is 0 Å². The van der Waals surface area contributed by atoms with E-state index in [9.17, 15) is 5.26 Å². The summed E-state index contributed by atoms with van der Waals surface area (Å²) < 4.78 is 2.39. The Hall–Kier alpha value is -4.35. The van der Waals surface area contributed by atoms with Gasteiger partial charge in [-0.25, -0.2) is 0 Å². The summed E-state index contributed by atoms with van der Waals surface area (Å²) >= 11 is 0. The van der Waals surface area contributed by atoms with Gasteiger partial charge in [0, 0.05) is 21.7 Å². The number of benzene rings is 5. The maximum atomic E-state index is 9.23. The molecule has 6 rings (SSSR count). The van der Waals surface area contributed by atoms with E-state index >= 15 is 0 Å². The molecule has 0 aliphatic heterocycles. The van der Waals surface area contributed by atoms with Crippen molar-refractivity contribution in [2.75, 3.05) is 0 Å². The monoisotopic (exact) mass is 394 g/mol. The second-order valence-corrected chi connectivity index (χ2v) is 7.74. The van der Waals surface area contributed by atoms with Crippen LogP contribution in [0.5, 0.6) is 0 Å². The Morgan fingerprint density at radius 3 is 1.77 bits per heavy atom. The highest BCUT2D eigenvalue weighted by Crippen LogP contribution is 2.39. The third-order valence-corrected chi connectivity index (χ3v) is 6.03. The first-order valence-electron chi connectivity index (χ1n) is 10.4. The SMILES string of the molecule is N#Cc1ccc(-c2ccc3ccccc3c2-n2c3ccccc3c3ccccc32)cc1. The van der Waals surface area contributed by atoms with Crippen molar-refractivity contribution in [1.82, 2.24) is 4.57 Å². The fraction of sp³-hybridized carbons (Fsp3) is 0. The van der Waals surface area contributed by atoms with Crippen LogP contribution in [-0.2, 0) is 0 Å². The van der Waals surface area contributed by atoms with Crippen molar-refractivity contribution in [2.45, 2.75) is 0 Å². The molecular weight excluding hydrogens is 376 g/mol. The Labute approximate surface area is 180 Å². The highest BCUT2D eigenvalue weighted by atomic mass is 15.0. The molecule has 0 fully saturated rings. The van der Waals surface area contributed by atoms with E-state index in [2.05, 4.69) is 95.6 Å². The quantitative estimate of drug-likeness (QED) is 0.299. The zero-order valence-electron chi connectivity index (χ0n) is 16.8. The van der Waals surface area contributed by atoms with Crippen LogP contribution < -0.4 is 0 Å². The predicted octanol–water partition coefficient (Wildman–Crippen LogP) is 7.48. The molecule has 0 saturated carbocycles. The second kappa shape index (κ2) is 6.86. The van der Waals surface area contributed by atoms with Crippen molar-refractivity contribution >= 4 is 32.6 Å². The largest absolute Gasteiger partial charge is 0.308 e. The lowest BCUT2D eigenvalue weighted by Gasteiger charge is -2.17. The van der Waals surface area contributed by atoms with Gasteiger partial charge in [-0.3, -0.25) is 0 Å². The molecule has 0 N–H and O–H groups in total. The molecular formula is C29H18N2. The van der Waals surface area contributed by atoms with Crippen molar-refractivity contribution in [2.24, 2.45) is 0 Å². The number of rotatable bonds is 2. The van der Waals surface area contributed by atoms with E-state index in [1.165, 1.54) is 38.3 Å². The topological polar surface area (TPSA) is 28.7 Å². The number of fused-ring (bicyclic) bond motifs is 4. The van der Waals surface area contributed by atoms with Gasteiger partial charge in [-0.2, -0.15) is 5.26 Å². The molecule has 2 heteroatoms. The Morgan fingerprint density at radius 2 is 1.13 bits per heavy atom. The number of hydrogen-bond acceptors (Lipinski definition) is 1. The van der Waals surface area contributed by atoms with Gasteiger partial charge >= 0.3 is 0 Å². The van der Waals surface area contributed by atoms with E-state index in [1.54, 1.807) is 0 Å². The highest BCUT2D eigenvalue weighted by Gasteiger charge is 2.17. The van der Waals surface area contributed by atoms with Crippen molar-refractivity contribution in [3.8, 4) is 22.9 Å². The van der Waals surface area contributed by atoms with Crippen LogP contribution in [0.1, 0.15) is 5.56 Å². The lowest BCUT2D eigenvalue weighted by Crippen LogP contribution is -1.99. The van der Waals surface area contributed by atoms with Gasteiger partial charge in [0.1, 0.15) is 0 Å². The molecule has 6 aromatic rings. The van der Waals surface area contributed by atoms with Crippen molar-refractivity contribution in [3.05, 3.63) is 115 Å². The molecule has 0 atom stereocenters. The third kappa shape index (κ3) is 2.64. The maximum Gasteiger partial charge on any atom is 0.0991 e. The van der Waals surface area contributed by atoms with Crippen LogP contribution in [-0.4, -0.2) is 4.57 Å². The highest BCUT2D eigenvalue weighted by molar-refractivity contribution is 6.11. The molecule has 2 nitrogen and oxygen atoms in total. The minimum absolute atomic E-state index is 0.669. The maximum absolute atomic E-state index is 9.23. The van der Waals surface area contributed by atoms with Crippen molar-refractivity contribution in [1.29, 1.82) is 5.26 Å². The molecule has 0 saturated heterocycles. The van der Waals surface area contributed by atoms with Crippen LogP contribution in [0, 0.1) is 11.3 Å². The molecule has 31 heavy (non-hydrogen) atoms. The number of nitrogens with zero attached hydrogens (tertiary/aromatic N) is 2. The average molecular weight is 394 g/mol. The summed E-state index contributed by atoms with van der Waals surface area (Å²) in [6.07, 6.45) is 0. The van der Waals surface area contributed by atoms with Gasteiger partial charge < -0.3 is 4.57 Å². The second-order valence-electron chi connectivity index (χ2n) is 7.74. The fourth-order valence-corrected chi connectivity index (χ4v) is 4.62. The molecule has 144 valence electrons. The van der Waals surface area contributed by atoms with Crippen molar-refractivity contribution in [3.63, 3.8) is 0 Å². The van der Waals surface area contributed by atoms with E-state index in [1.807, 2.05) is 24.3 Å². The fourth-order valence-electron chi connectivity index (χ4n) is 4.62. The number of aromatic nitrogens is 1. The van der Waals surface area contributed by atoms with E-state index in [0.717, 1.165) is 11.1 Å². The molecule has 5 aromatic carbocycles. The minimum atomic E-state index is 0.669. The van der Waals surface area contributed by atoms with Gasteiger partial charge in [0.2, 0.25) is 0 Å². The molecule has 0 radical (unpaired) electrons. The number of para-hydroxylation sites is 2. The number of hydrogen-bond donors (Lipinski definition) is 0. The van der Waals surface area contributed by atoms with Crippen LogP contribution in [0.25, 0.3) is 49.4 Å². The van der Waals surface area contributed by atoms with Gasteiger partial charge in [-0.1, -0.05) is 84.9 Å². The molecule has 0 unspecified atom stereocenters.